The summed E-state index contributed by atoms with van der Waals surface area (Å²) in [5.74, 6) is 0.444. The first kappa shape index (κ1) is 12.2. The second kappa shape index (κ2) is 5.36. The fraction of sp³-hybridized carbons (Fsp3) is 0.538. The molecule has 1 aliphatic rings. The van der Waals surface area contributed by atoms with Gasteiger partial charge in [0.1, 0.15) is 17.3 Å². The molecule has 1 atom stereocenters. The minimum absolute atomic E-state index is 0.00702. The molecule has 0 aromatic heterocycles. The number of phenolic OH excluding ortho intramolecular Hbond substituents is 1. The molecule has 0 bridgehead atoms. The summed E-state index contributed by atoms with van der Waals surface area (Å²) in [4.78, 5) is 0. The molecule has 1 fully saturated rings. The van der Waals surface area contributed by atoms with Crippen molar-refractivity contribution in [2.75, 3.05) is 20.2 Å². The van der Waals surface area contributed by atoms with Crippen LogP contribution in [0.1, 0.15) is 18.4 Å². The monoisotopic (exact) mass is 239 g/mol. The molecule has 1 aliphatic heterocycles. The van der Waals surface area contributed by atoms with E-state index < -0.39 is 5.82 Å². The molecule has 0 aliphatic carbocycles. The zero-order valence-electron chi connectivity index (χ0n) is 10.0. The predicted molar refractivity (Wildman–Crippen MR) is 63.9 cm³/mol. The van der Waals surface area contributed by atoms with E-state index in [1.54, 1.807) is 0 Å². The normalized spacial score (nSPS) is 20.2. The van der Waals surface area contributed by atoms with Crippen molar-refractivity contribution >= 4 is 0 Å². The summed E-state index contributed by atoms with van der Waals surface area (Å²) >= 11 is 0. The number of ether oxygens (including phenoxy) is 1. The highest BCUT2D eigenvalue weighted by Crippen LogP contribution is 2.32. The lowest BCUT2D eigenvalue weighted by Crippen LogP contribution is -2.30. The molecule has 2 rings (SSSR count). The molecular formula is C13H18FNO2. The molecule has 1 saturated heterocycles. The van der Waals surface area contributed by atoms with Crippen molar-refractivity contribution in [3.05, 3.63) is 23.5 Å². The zero-order valence-corrected chi connectivity index (χ0v) is 10.0. The van der Waals surface area contributed by atoms with Gasteiger partial charge in [-0.3, -0.25) is 0 Å². The Kier molecular flexibility index (Phi) is 3.84. The smallest absolute Gasteiger partial charge is 0.130 e. The Labute approximate surface area is 101 Å². The van der Waals surface area contributed by atoms with Gasteiger partial charge in [0.05, 0.1) is 7.11 Å². The number of methoxy groups -OCH3 is 1. The van der Waals surface area contributed by atoms with Gasteiger partial charge in [0.25, 0.3) is 0 Å². The van der Waals surface area contributed by atoms with Gasteiger partial charge in [0.15, 0.2) is 0 Å². The zero-order chi connectivity index (χ0) is 12.3. The molecule has 94 valence electrons. The number of hydrogen-bond acceptors (Lipinski definition) is 3. The van der Waals surface area contributed by atoms with Crippen molar-refractivity contribution in [1.82, 2.24) is 5.32 Å². The van der Waals surface area contributed by atoms with E-state index in [1.165, 1.54) is 13.2 Å². The maximum absolute atomic E-state index is 13.1. The molecule has 0 amide bonds. The molecule has 0 radical (unpaired) electrons. The van der Waals surface area contributed by atoms with Crippen molar-refractivity contribution in [3.8, 4) is 11.5 Å². The average molecular weight is 239 g/mol. The number of halogens is 1. The number of benzene rings is 1. The minimum atomic E-state index is -0.468. The van der Waals surface area contributed by atoms with Crippen molar-refractivity contribution in [1.29, 1.82) is 0 Å². The summed E-state index contributed by atoms with van der Waals surface area (Å²) in [7, 11) is 1.50. The quantitative estimate of drug-likeness (QED) is 0.848. The minimum Gasteiger partial charge on any atom is -0.507 e. The fourth-order valence-corrected chi connectivity index (χ4v) is 2.37. The molecule has 1 heterocycles. The molecule has 0 saturated carbocycles. The van der Waals surface area contributed by atoms with Crippen LogP contribution in [0.5, 0.6) is 11.5 Å². The molecule has 1 aromatic rings. The molecule has 1 unspecified atom stereocenters. The highest BCUT2D eigenvalue weighted by molar-refractivity contribution is 5.44. The summed E-state index contributed by atoms with van der Waals surface area (Å²) < 4.78 is 18.2. The summed E-state index contributed by atoms with van der Waals surface area (Å²) in [5, 5.41) is 13.1. The Morgan fingerprint density at radius 2 is 2.35 bits per heavy atom. The first-order valence-corrected chi connectivity index (χ1v) is 5.97. The van der Waals surface area contributed by atoms with Crippen LogP contribution >= 0.6 is 0 Å². The predicted octanol–water partition coefficient (Wildman–Crippen LogP) is 2.08. The van der Waals surface area contributed by atoms with Gasteiger partial charge in [-0.1, -0.05) is 0 Å². The molecule has 0 spiro atoms. The van der Waals surface area contributed by atoms with Crippen LogP contribution in [0.15, 0.2) is 12.1 Å². The van der Waals surface area contributed by atoms with E-state index in [2.05, 4.69) is 5.32 Å². The summed E-state index contributed by atoms with van der Waals surface area (Å²) in [6, 6.07) is 2.47. The molecular weight excluding hydrogens is 221 g/mol. The van der Waals surface area contributed by atoms with Gasteiger partial charge in [0.2, 0.25) is 0 Å². The summed E-state index contributed by atoms with van der Waals surface area (Å²) in [6.07, 6.45) is 3.00. The first-order chi connectivity index (χ1) is 8.20. The van der Waals surface area contributed by atoms with Crippen molar-refractivity contribution in [2.45, 2.75) is 19.3 Å². The molecule has 2 N–H and O–H groups in total. The highest BCUT2D eigenvalue weighted by Gasteiger charge is 2.19. The Bertz CT molecular complexity index is 389. The van der Waals surface area contributed by atoms with E-state index in [9.17, 15) is 9.50 Å². The van der Waals surface area contributed by atoms with E-state index in [-0.39, 0.29) is 5.75 Å². The average Bonchev–Trinajstić information content (AvgIpc) is 2.33. The Balaban J connectivity index is 2.18. The van der Waals surface area contributed by atoms with Crippen LogP contribution in [-0.4, -0.2) is 25.3 Å². The maximum atomic E-state index is 13.1. The Morgan fingerprint density at radius 3 is 3.00 bits per heavy atom. The van der Waals surface area contributed by atoms with Gasteiger partial charge in [-0.05, 0) is 38.3 Å². The van der Waals surface area contributed by atoms with E-state index in [1.807, 2.05) is 0 Å². The number of phenols is 1. The topological polar surface area (TPSA) is 41.5 Å². The van der Waals surface area contributed by atoms with Gasteiger partial charge in [-0.25, -0.2) is 4.39 Å². The second-order valence-corrected chi connectivity index (χ2v) is 4.52. The van der Waals surface area contributed by atoms with E-state index >= 15 is 0 Å². The SMILES string of the molecule is COc1cc(F)cc(O)c1CC1CCCNC1. The Morgan fingerprint density at radius 1 is 1.53 bits per heavy atom. The second-order valence-electron chi connectivity index (χ2n) is 4.52. The van der Waals surface area contributed by atoms with Crippen LogP contribution in [0.3, 0.4) is 0 Å². The van der Waals surface area contributed by atoms with Gasteiger partial charge in [-0.2, -0.15) is 0 Å². The van der Waals surface area contributed by atoms with Crippen molar-refractivity contribution in [2.24, 2.45) is 5.92 Å². The van der Waals surface area contributed by atoms with Gasteiger partial charge in [0, 0.05) is 17.7 Å². The van der Waals surface area contributed by atoms with Crippen molar-refractivity contribution in [3.63, 3.8) is 0 Å². The van der Waals surface area contributed by atoms with Gasteiger partial charge < -0.3 is 15.2 Å². The molecule has 4 heteroatoms. The van der Waals surface area contributed by atoms with Gasteiger partial charge >= 0.3 is 0 Å². The number of hydrogen-bond donors (Lipinski definition) is 2. The third-order valence-corrected chi connectivity index (χ3v) is 3.26. The van der Waals surface area contributed by atoms with Gasteiger partial charge in [-0.15, -0.1) is 0 Å². The highest BCUT2D eigenvalue weighted by atomic mass is 19.1. The standard InChI is InChI=1S/C13H18FNO2/c1-17-13-7-10(14)6-12(16)11(13)5-9-3-2-4-15-8-9/h6-7,9,15-16H,2-5,8H2,1H3. The third-order valence-electron chi connectivity index (χ3n) is 3.26. The van der Waals surface area contributed by atoms with Crippen LogP contribution in [0.25, 0.3) is 0 Å². The van der Waals surface area contributed by atoms with Crippen LogP contribution in [0, 0.1) is 11.7 Å². The van der Waals surface area contributed by atoms with Crippen LogP contribution in [0.4, 0.5) is 4.39 Å². The first-order valence-electron chi connectivity index (χ1n) is 5.97. The molecule has 17 heavy (non-hydrogen) atoms. The summed E-state index contributed by atoms with van der Waals surface area (Å²) in [6.45, 7) is 2.00. The summed E-state index contributed by atoms with van der Waals surface area (Å²) in [5.41, 5.74) is 0.711. The number of piperidine rings is 1. The number of rotatable bonds is 3. The lowest BCUT2D eigenvalue weighted by atomic mass is 9.91. The van der Waals surface area contributed by atoms with E-state index in [4.69, 9.17) is 4.74 Å². The molecule has 1 aromatic carbocycles. The lowest BCUT2D eigenvalue weighted by molar-refractivity contribution is 0.353. The number of nitrogens with one attached hydrogen (secondary N) is 1. The maximum Gasteiger partial charge on any atom is 0.130 e. The van der Waals surface area contributed by atoms with E-state index in [0.29, 0.717) is 17.2 Å². The molecule has 3 nitrogen and oxygen atoms in total. The largest absolute Gasteiger partial charge is 0.507 e. The lowest BCUT2D eigenvalue weighted by Gasteiger charge is -2.23. The van der Waals surface area contributed by atoms with E-state index in [0.717, 1.165) is 38.4 Å². The van der Waals surface area contributed by atoms with Crippen LogP contribution in [-0.2, 0) is 6.42 Å². The van der Waals surface area contributed by atoms with Crippen LogP contribution < -0.4 is 10.1 Å². The fourth-order valence-electron chi connectivity index (χ4n) is 2.37. The Hall–Kier alpha value is -1.29. The number of aromatic hydroxyl groups is 1. The third kappa shape index (κ3) is 2.88. The van der Waals surface area contributed by atoms with Crippen LogP contribution in [0.2, 0.25) is 0 Å². The van der Waals surface area contributed by atoms with Crippen molar-refractivity contribution < 1.29 is 14.2 Å².